The molecule has 0 aliphatic carbocycles. The van der Waals surface area contributed by atoms with Crippen molar-refractivity contribution in [2.45, 2.75) is 20.3 Å². The highest BCUT2D eigenvalue weighted by Crippen LogP contribution is 2.25. The molecule has 0 fully saturated rings. The number of hydrogen-bond acceptors (Lipinski definition) is 5. The summed E-state index contributed by atoms with van der Waals surface area (Å²) < 4.78 is 10.0. The third-order valence-corrected chi connectivity index (χ3v) is 2.85. The van der Waals surface area contributed by atoms with Gasteiger partial charge in [-0.25, -0.2) is 4.79 Å². The van der Waals surface area contributed by atoms with Crippen LogP contribution in [0.1, 0.15) is 30.6 Å². The van der Waals surface area contributed by atoms with Crippen molar-refractivity contribution < 1.29 is 19.1 Å². The van der Waals surface area contributed by atoms with Gasteiger partial charge in [-0.3, -0.25) is 4.79 Å². The van der Waals surface area contributed by atoms with Crippen LogP contribution in [0.15, 0.2) is 18.2 Å². The number of nitrogens with one attached hydrogen (secondary N) is 1. The number of anilines is 1. The molecule has 1 aromatic rings. The van der Waals surface area contributed by atoms with Crippen molar-refractivity contribution in [2.75, 3.05) is 26.0 Å². The summed E-state index contributed by atoms with van der Waals surface area (Å²) in [5.74, 6) is -0.0795. The summed E-state index contributed by atoms with van der Waals surface area (Å²) in [6.45, 7) is 4.59. The maximum Gasteiger partial charge on any atom is 0.343 e. The van der Waals surface area contributed by atoms with Gasteiger partial charge in [-0.1, -0.05) is 19.9 Å². The average molecular weight is 294 g/mol. The molecule has 0 radical (unpaired) electrons. The second-order valence-corrected chi connectivity index (χ2v) is 5.03. The van der Waals surface area contributed by atoms with Crippen LogP contribution < -0.4 is 15.8 Å². The quantitative estimate of drug-likeness (QED) is 0.589. The molecule has 1 rings (SSSR count). The number of ether oxygens (including phenoxy) is 2. The molecule has 0 saturated carbocycles. The molecule has 1 aromatic carbocycles. The molecule has 0 heterocycles. The Balaban J connectivity index is 2.61. The van der Waals surface area contributed by atoms with Gasteiger partial charge in [0.15, 0.2) is 6.61 Å². The lowest BCUT2D eigenvalue weighted by atomic mass is 10.1. The van der Waals surface area contributed by atoms with Crippen LogP contribution in [0.3, 0.4) is 0 Å². The summed E-state index contributed by atoms with van der Waals surface area (Å²) in [5, 5.41) is 2.75. The second kappa shape index (κ2) is 8.14. The van der Waals surface area contributed by atoms with Gasteiger partial charge in [0.1, 0.15) is 11.3 Å². The van der Waals surface area contributed by atoms with Gasteiger partial charge in [-0.15, -0.1) is 0 Å². The van der Waals surface area contributed by atoms with Gasteiger partial charge in [0.25, 0.3) is 5.91 Å². The van der Waals surface area contributed by atoms with Crippen LogP contribution >= 0.6 is 0 Å². The maximum atomic E-state index is 11.7. The Morgan fingerprint density at radius 3 is 2.67 bits per heavy atom. The highest BCUT2D eigenvalue weighted by Gasteiger charge is 2.17. The van der Waals surface area contributed by atoms with E-state index in [1.54, 1.807) is 18.2 Å². The first-order chi connectivity index (χ1) is 9.95. The number of methoxy groups -OCH3 is 1. The molecule has 0 bridgehead atoms. The highest BCUT2D eigenvalue weighted by atomic mass is 16.5. The normalized spacial score (nSPS) is 10.3. The predicted octanol–water partition coefficient (Wildman–Crippen LogP) is 1.60. The van der Waals surface area contributed by atoms with Crippen LogP contribution in [0, 0.1) is 5.92 Å². The number of hydrogen-bond donors (Lipinski definition) is 2. The zero-order chi connectivity index (χ0) is 15.8. The first-order valence-electron chi connectivity index (χ1n) is 6.82. The van der Waals surface area contributed by atoms with E-state index in [1.165, 1.54) is 7.11 Å². The molecule has 0 atom stereocenters. The molecule has 0 unspecified atom stereocenters. The Morgan fingerprint density at radius 2 is 2.05 bits per heavy atom. The largest absolute Gasteiger partial charge is 0.483 e. The topological polar surface area (TPSA) is 90.7 Å². The lowest BCUT2D eigenvalue weighted by Gasteiger charge is -2.12. The van der Waals surface area contributed by atoms with E-state index in [9.17, 15) is 9.59 Å². The molecule has 3 N–H and O–H groups in total. The Kier molecular flexibility index (Phi) is 6.52. The predicted molar refractivity (Wildman–Crippen MR) is 80.2 cm³/mol. The SMILES string of the molecule is COC(=O)c1c(N)cccc1OCC(=O)NCCC(C)C. The Hall–Kier alpha value is -2.24. The summed E-state index contributed by atoms with van der Waals surface area (Å²) >= 11 is 0. The van der Waals surface area contributed by atoms with Crippen LogP contribution in [0.4, 0.5) is 5.69 Å². The molecule has 116 valence electrons. The standard InChI is InChI=1S/C15H22N2O4/c1-10(2)7-8-17-13(18)9-21-12-6-4-5-11(16)14(12)15(19)20-3/h4-6,10H,7-9,16H2,1-3H3,(H,17,18). The van der Waals surface area contributed by atoms with E-state index in [0.29, 0.717) is 12.5 Å². The number of esters is 1. The lowest BCUT2D eigenvalue weighted by molar-refractivity contribution is -0.123. The van der Waals surface area contributed by atoms with Gasteiger partial charge in [-0.2, -0.15) is 0 Å². The van der Waals surface area contributed by atoms with Crippen molar-refractivity contribution in [3.63, 3.8) is 0 Å². The van der Waals surface area contributed by atoms with Gasteiger partial charge in [0.05, 0.1) is 7.11 Å². The zero-order valence-electron chi connectivity index (χ0n) is 12.6. The molecule has 6 heteroatoms. The molecule has 0 aromatic heterocycles. The summed E-state index contributed by atoms with van der Waals surface area (Å²) in [6.07, 6.45) is 0.900. The summed E-state index contributed by atoms with van der Waals surface area (Å²) in [6, 6.07) is 4.79. The van der Waals surface area contributed by atoms with Crippen LogP contribution in [0.5, 0.6) is 5.75 Å². The zero-order valence-corrected chi connectivity index (χ0v) is 12.6. The van der Waals surface area contributed by atoms with Crippen molar-refractivity contribution in [3.8, 4) is 5.75 Å². The van der Waals surface area contributed by atoms with E-state index in [-0.39, 0.29) is 29.5 Å². The molecular weight excluding hydrogens is 272 g/mol. The van der Waals surface area contributed by atoms with Crippen molar-refractivity contribution in [3.05, 3.63) is 23.8 Å². The molecule has 0 aliphatic heterocycles. The Bertz CT molecular complexity index is 500. The van der Waals surface area contributed by atoms with Gasteiger partial charge < -0.3 is 20.5 Å². The van der Waals surface area contributed by atoms with E-state index in [1.807, 2.05) is 0 Å². The van der Waals surface area contributed by atoms with E-state index >= 15 is 0 Å². The molecule has 6 nitrogen and oxygen atoms in total. The van der Waals surface area contributed by atoms with Crippen molar-refractivity contribution >= 4 is 17.6 Å². The van der Waals surface area contributed by atoms with Crippen LogP contribution in [-0.2, 0) is 9.53 Å². The van der Waals surface area contributed by atoms with Crippen molar-refractivity contribution in [1.29, 1.82) is 0 Å². The van der Waals surface area contributed by atoms with E-state index < -0.39 is 5.97 Å². The third-order valence-electron chi connectivity index (χ3n) is 2.85. The smallest absolute Gasteiger partial charge is 0.343 e. The van der Waals surface area contributed by atoms with Crippen LogP contribution in [-0.4, -0.2) is 32.1 Å². The average Bonchev–Trinajstić information content (AvgIpc) is 2.44. The number of amides is 1. The molecular formula is C15H22N2O4. The Labute approximate surface area is 124 Å². The molecule has 21 heavy (non-hydrogen) atoms. The summed E-state index contributed by atoms with van der Waals surface area (Å²) in [7, 11) is 1.26. The van der Waals surface area contributed by atoms with E-state index in [0.717, 1.165) is 6.42 Å². The minimum absolute atomic E-state index is 0.134. The lowest BCUT2D eigenvalue weighted by Crippen LogP contribution is -2.30. The first kappa shape index (κ1) is 16.8. The maximum absolute atomic E-state index is 11.7. The van der Waals surface area contributed by atoms with Crippen LogP contribution in [0.2, 0.25) is 0 Å². The number of nitrogens with two attached hydrogens (primary N) is 1. The van der Waals surface area contributed by atoms with Gasteiger partial charge in [0.2, 0.25) is 0 Å². The van der Waals surface area contributed by atoms with Crippen molar-refractivity contribution in [2.24, 2.45) is 5.92 Å². The molecule has 1 amide bonds. The van der Waals surface area contributed by atoms with Gasteiger partial charge >= 0.3 is 5.97 Å². The second-order valence-electron chi connectivity index (χ2n) is 5.03. The number of nitrogen functional groups attached to an aromatic ring is 1. The van der Waals surface area contributed by atoms with E-state index in [2.05, 4.69) is 23.9 Å². The minimum atomic E-state index is -0.594. The van der Waals surface area contributed by atoms with Crippen LogP contribution in [0.25, 0.3) is 0 Å². The first-order valence-corrected chi connectivity index (χ1v) is 6.82. The number of carbonyl (C=O) groups excluding carboxylic acids is 2. The fourth-order valence-corrected chi connectivity index (χ4v) is 1.68. The third kappa shape index (κ3) is 5.33. The summed E-state index contributed by atoms with van der Waals surface area (Å²) in [4.78, 5) is 23.3. The number of rotatable bonds is 7. The highest BCUT2D eigenvalue weighted by molar-refractivity contribution is 5.98. The molecule has 0 spiro atoms. The van der Waals surface area contributed by atoms with Gasteiger partial charge in [0, 0.05) is 12.2 Å². The number of carbonyl (C=O) groups is 2. The Morgan fingerprint density at radius 1 is 1.33 bits per heavy atom. The fourth-order valence-electron chi connectivity index (χ4n) is 1.68. The number of benzene rings is 1. The minimum Gasteiger partial charge on any atom is -0.483 e. The van der Waals surface area contributed by atoms with Crippen molar-refractivity contribution in [1.82, 2.24) is 5.32 Å². The van der Waals surface area contributed by atoms with Gasteiger partial charge in [-0.05, 0) is 24.5 Å². The summed E-state index contributed by atoms with van der Waals surface area (Å²) in [5.41, 5.74) is 6.12. The fraction of sp³-hybridized carbons (Fsp3) is 0.467. The monoisotopic (exact) mass is 294 g/mol. The molecule has 0 aliphatic rings. The molecule has 0 saturated heterocycles. The van der Waals surface area contributed by atoms with E-state index in [4.69, 9.17) is 10.5 Å².